The SMILES string of the molecule is O.O.[NH-]CCc1ccccc1.[Y].[Y]. The minimum absolute atomic E-state index is 0. The van der Waals surface area contributed by atoms with Crippen molar-refractivity contribution in [3.63, 3.8) is 0 Å². The first-order valence-corrected chi connectivity index (χ1v) is 3.12. The molecule has 0 fully saturated rings. The van der Waals surface area contributed by atoms with E-state index < -0.39 is 0 Å². The van der Waals surface area contributed by atoms with E-state index in [0.717, 1.165) is 6.42 Å². The van der Waals surface area contributed by atoms with Crippen LogP contribution in [0.1, 0.15) is 5.56 Å². The number of nitrogens with one attached hydrogen (secondary N) is 1. The topological polar surface area (TPSA) is 86.8 Å². The van der Waals surface area contributed by atoms with Crippen LogP contribution in [0.5, 0.6) is 0 Å². The molecule has 5 heteroatoms. The average Bonchev–Trinajstić information content (AvgIpc) is 1.91. The van der Waals surface area contributed by atoms with E-state index in [-0.39, 0.29) is 76.4 Å². The summed E-state index contributed by atoms with van der Waals surface area (Å²) in [6, 6.07) is 10.1. The molecule has 3 nitrogen and oxygen atoms in total. The van der Waals surface area contributed by atoms with Crippen molar-refractivity contribution >= 4 is 0 Å². The molecule has 13 heavy (non-hydrogen) atoms. The van der Waals surface area contributed by atoms with Gasteiger partial charge in [0.25, 0.3) is 0 Å². The van der Waals surface area contributed by atoms with Crippen molar-refractivity contribution in [3.8, 4) is 0 Å². The Morgan fingerprint density at radius 1 is 0.923 bits per heavy atom. The Morgan fingerprint density at radius 2 is 1.38 bits per heavy atom. The molecule has 1 aromatic carbocycles. The Morgan fingerprint density at radius 3 is 1.77 bits per heavy atom. The summed E-state index contributed by atoms with van der Waals surface area (Å²) in [5, 5.41) is 0. The fraction of sp³-hybridized carbons (Fsp3) is 0.250. The van der Waals surface area contributed by atoms with E-state index in [0.29, 0.717) is 6.54 Å². The van der Waals surface area contributed by atoms with Crippen molar-refractivity contribution in [2.75, 3.05) is 6.54 Å². The minimum atomic E-state index is 0. The Labute approximate surface area is 129 Å². The Bertz CT molecular complexity index is 173. The first kappa shape index (κ1) is 23.8. The summed E-state index contributed by atoms with van der Waals surface area (Å²) >= 11 is 0. The van der Waals surface area contributed by atoms with Gasteiger partial charge in [-0.05, 0) is 12.0 Å². The van der Waals surface area contributed by atoms with Crippen LogP contribution in [0.3, 0.4) is 0 Å². The fourth-order valence-electron chi connectivity index (χ4n) is 0.789. The number of rotatable bonds is 2. The zero-order valence-corrected chi connectivity index (χ0v) is 13.1. The Kier molecular flexibility index (Phi) is 28.9. The van der Waals surface area contributed by atoms with Gasteiger partial charge in [0.05, 0.1) is 0 Å². The van der Waals surface area contributed by atoms with Gasteiger partial charge in [-0.2, -0.15) is 0 Å². The molecule has 5 N–H and O–H groups in total. The van der Waals surface area contributed by atoms with Crippen molar-refractivity contribution in [2.45, 2.75) is 6.42 Å². The molecule has 0 amide bonds. The summed E-state index contributed by atoms with van der Waals surface area (Å²) < 4.78 is 0. The molecule has 0 aliphatic rings. The second-order valence-corrected chi connectivity index (χ2v) is 1.99. The van der Waals surface area contributed by atoms with E-state index in [4.69, 9.17) is 5.73 Å². The first-order chi connectivity index (χ1) is 4.43. The first-order valence-electron chi connectivity index (χ1n) is 3.12. The molecule has 0 spiro atoms. The van der Waals surface area contributed by atoms with E-state index in [2.05, 4.69) is 12.1 Å². The van der Waals surface area contributed by atoms with Crippen LogP contribution in [0.2, 0.25) is 0 Å². The van der Waals surface area contributed by atoms with Crippen LogP contribution in [0.25, 0.3) is 5.73 Å². The summed E-state index contributed by atoms with van der Waals surface area (Å²) in [7, 11) is 0. The molecule has 2 radical (unpaired) electrons. The van der Waals surface area contributed by atoms with E-state index in [1.807, 2.05) is 18.2 Å². The zero-order valence-electron chi connectivity index (χ0n) is 7.46. The standard InChI is InChI=1S/C8H10N.2H2O.2Y/c9-7-6-8-4-2-1-3-5-8;;;;/h1-5,9H,6-7H2;2*1H2;;/q-1;;;;. The Hall–Kier alpha value is 1.31. The molecule has 0 bridgehead atoms. The molecule has 0 unspecified atom stereocenters. The maximum absolute atomic E-state index is 6.94. The van der Waals surface area contributed by atoms with Gasteiger partial charge in [-0.25, -0.2) is 0 Å². The molecular formula is C8H14NO2Y2-. The van der Waals surface area contributed by atoms with Crippen LogP contribution < -0.4 is 0 Å². The van der Waals surface area contributed by atoms with E-state index >= 15 is 0 Å². The van der Waals surface area contributed by atoms with Crippen molar-refractivity contribution in [1.82, 2.24) is 0 Å². The second kappa shape index (κ2) is 15.8. The van der Waals surface area contributed by atoms with Crippen molar-refractivity contribution in [1.29, 1.82) is 0 Å². The third kappa shape index (κ3) is 11.2. The maximum atomic E-state index is 6.94. The van der Waals surface area contributed by atoms with Gasteiger partial charge in [0.15, 0.2) is 0 Å². The third-order valence-electron chi connectivity index (χ3n) is 1.26. The van der Waals surface area contributed by atoms with Gasteiger partial charge in [-0.3, -0.25) is 0 Å². The molecular weight excluding hydrogens is 320 g/mol. The van der Waals surface area contributed by atoms with Gasteiger partial charge in [-0.1, -0.05) is 30.3 Å². The average molecular weight is 334 g/mol. The smallest absolute Gasteiger partial charge is 0 e. The molecule has 0 aliphatic heterocycles. The van der Waals surface area contributed by atoms with E-state index in [9.17, 15) is 0 Å². The largest absolute Gasteiger partial charge is 0.677 e. The molecule has 0 heterocycles. The summed E-state index contributed by atoms with van der Waals surface area (Å²) in [5.41, 5.74) is 8.20. The predicted octanol–water partition coefficient (Wildman–Crippen LogP) is 0.627. The molecule has 1 aromatic rings. The van der Waals surface area contributed by atoms with Crippen molar-refractivity contribution < 1.29 is 76.4 Å². The van der Waals surface area contributed by atoms with Gasteiger partial charge in [0.2, 0.25) is 0 Å². The minimum Gasteiger partial charge on any atom is -0.677 e. The number of hydrogen-bond acceptors (Lipinski definition) is 0. The molecule has 0 aromatic heterocycles. The molecule has 0 atom stereocenters. The second-order valence-electron chi connectivity index (χ2n) is 1.99. The molecule has 0 saturated heterocycles. The van der Waals surface area contributed by atoms with Gasteiger partial charge in [0, 0.05) is 65.4 Å². The zero-order chi connectivity index (χ0) is 6.53. The molecule has 0 saturated carbocycles. The molecule has 1 rings (SSSR count). The van der Waals surface area contributed by atoms with Gasteiger partial charge in [0.1, 0.15) is 0 Å². The van der Waals surface area contributed by atoms with E-state index in [1.54, 1.807) is 0 Å². The maximum Gasteiger partial charge on any atom is 0 e. The summed E-state index contributed by atoms with van der Waals surface area (Å²) in [6.45, 7) is 0.490. The normalized spacial score (nSPS) is 6.54. The van der Waals surface area contributed by atoms with Crippen LogP contribution in [0.4, 0.5) is 0 Å². The Balaban J connectivity index is -0.000000101. The van der Waals surface area contributed by atoms with E-state index in [1.165, 1.54) is 5.56 Å². The monoisotopic (exact) mass is 334 g/mol. The van der Waals surface area contributed by atoms with Gasteiger partial charge in [-0.15, -0.1) is 6.54 Å². The molecule has 70 valence electrons. The third-order valence-corrected chi connectivity index (χ3v) is 1.26. The van der Waals surface area contributed by atoms with Crippen LogP contribution >= 0.6 is 0 Å². The predicted molar refractivity (Wildman–Crippen MR) is 46.6 cm³/mol. The fourth-order valence-corrected chi connectivity index (χ4v) is 0.789. The summed E-state index contributed by atoms with van der Waals surface area (Å²) in [4.78, 5) is 0. The number of benzene rings is 1. The van der Waals surface area contributed by atoms with Gasteiger partial charge < -0.3 is 16.7 Å². The van der Waals surface area contributed by atoms with Crippen molar-refractivity contribution in [2.24, 2.45) is 0 Å². The van der Waals surface area contributed by atoms with Crippen molar-refractivity contribution in [3.05, 3.63) is 41.6 Å². The van der Waals surface area contributed by atoms with Crippen LogP contribution in [-0.4, -0.2) is 17.5 Å². The van der Waals surface area contributed by atoms with Gasteiger partial charge >= 0.3 is 0 Å². The van der Waals surface area contributed by atoms with Crippen LogP contribution in [0.15, 0.2) is 30.3 Å². The quantitative estimate of drug-likeness (QED) is 0.760. The van der Waals surface area contributed by atoms with Crippen LogP contribution in [0, 0.1) is 0 Å². The summed E-state index contributed by atoms with van der Waals surface area (Å²) in [5.74, 6) is 0. The number of hydrogen-bond donors (Lipinski definition) is 0. The molecule has 0 aliphatic carbocycles. The van der Waals surface area contributed by atoms with Crippen LogP contribution in [-0.2, 0) is 71.8 Å². The summed E-state index contributed by atoms with van der Waals surface area (Å²) in [6.07, 6.45) is 0.876.